The molecule has 0 aromatic carbocycles. The van der Waals surface area contributed by atoms with Crippen LogP contribution >= 0.6 is 0 Å². The number of unbranched alkanes of at least 4 members (excludes halogenated alkanes) is 51. The van der Waals surface area contributed by atoms with Crippen molar-refractivity contribution in [3.63, 3.8) is 0 Å². The molecule has 0 amide bonds. The molecule has 0 heterocycles. The minimum absolute atomic E-state index is 0.0666. The van der Waals surface area contributed by atoms with Crippen LogP contribution in [0.3, 0.4) is 0 Å². The van der Waals surface area contributed by atoms with Crippen molar-refractivity contribution in [2.75, 3.05) is 13.2 Å². The molecule has 0 N–H and O–H groups in total. The molecule has 0 saturated heterocycles. The Morgan fingerprint density at radius 2 is 0.440 bits per heavy atom. The lowest BCUT2D eigenvalue weighted by Gasteiger charge is -2.18. The third kappa shape index (κ3) is 62.9. The number of hydrogen-bond acceptors (Lipinski definition) is 6. The molecular formula is C69H132O6. The number of carbonyl (C=O) groups excluding carboxylic acids is 3. The summed E-state index contributed by atoms with van der Waals surface area (Å²) in [7, 11) is 0. The van der Waals surface area contributed by atoms with Crippen LogP contribution < -0.4 is 0 Å². The molecule has 0 aliphatic rings. The summed E-state index contributed by atoms with van der Waals surface area (Å²) in [6, 6.07) is 0. The molecule has 6 heteroatoms. The SMILES string of the molecule is CCCCCCCC/C=C\CCCCCCCC(=O)OC(COC(=O)CCCCCCCCCCCCCCCCCCCCCCC)COC(=O)CCCCCCCCCCCCCCCCCCCCCCC. The number of carbonyl (C=O) groups is 3. The molecule has 75 heavy (non-hydrogen) atoms. The van der Waals surface area contributed by atoms with Crippen molar-refractivity contribution in [3.05, 3.63) is 12.2 Å². The first kappa shape index (κ1) is 73.2. The fourth-order valence-corrected chi connectivity index (χ4v) is 10.6. The van der Waals surface area contributed by atoms with Gasteiger partial charge in [0.25, 0.3) is 0 Å². The van der Waals surface area contributed by atoms with Crippen LogP contribution in [0.15, 0.2) is 12.2 Å². The molecule has 0 aromatic rings. The van der Waals surface area contributed by atoms with Crippen LogP contribution in [-0.2, 0) is 28.6 Å². The lowest BCUT2D eigenvalue weighted by Crippen LogP contribution is -2.30. The first-order valence-corrected chi connectivity index (χ1v) is 34.2. The van der Waals surface area contributed by atoms with Crippen LogP contribution in [0, 0.1) is 0 Å². The molecule has 0 saturated carbocycles. The Labute approximate surface area is 469 Å². The van der Waals surface area contributed by atoms with Crippen LogP contribution in [0.25, 0.3) is 0 Å². The van der Waals surface area contributed by atoms with Crippen molar-refractivity contribution < 1.29 is 28.6 Å². The summed E-state index contributed by atoms with van der Waals surface area (Å²) in [5.74, 6) is -0.840. The van der Waals surface area contributed by atoms with Gasteiger partial charge < -0.3 is 14.2 Å². The molecule has 6 nitrogen and oxygen atoms in total. The van der Waals surface area contributed by atoms with E-state index in [2.05, 4.69) is 32.9 Å². The van der Waals surface area contributed by atoms with E-state index >= 15 is 0 Å². The van der Waals surface area contributed by atoms with E-state index in [1.54, 1.807) is 0 Å². The van der Waals surface area contributed by atoms with Crippen molar-refractivity contribution >= 4 is 17.9 Å². The van der Waals surface area contributed by atoms with E-state index in [-0.39, 0.29) is 31.1 Å². The molecule has 444 valence electrons. The van der Waals surface area contributed by atoms with Crippen molar-refractivity contribution in [2.45, 2.75) is 399 Å². The molecular weight excluding hydrogens is 925 g/mol. The van der Waals surface area contributed by atoms with Gasteiger partial charge in [0.05, 0.1) is 0 Å². The Kier molecular flexibility index (Phi) is 63.1. The van der Waals surface area contributed by atoms with Gasteiger partial charge in [0.1, 0.15) is 13.2 Å². The highest BCUT2D eigenvalue weighted by atomic mass is 16.6. The summed E-state index contributed by atoms with van der Waals surface area (Å²) in [5, 5.41) is 0. The highest BCUT2D eigenvalue weighted by Crippen LogP contribution is 2.19. The lowest BCUT2D eigenvalue weighted by molar-refractivity contribution is -0.167. The van der Waals surface area contributed by atoms with Gasteiger partial charge in [0.2, 0.25) is 0 Å². The Morgan fingerprint density at radius 1 is 0.253 bits per heavy atom. The Morgan fingerprint density at radius 3 is 0.667 bits per heavy atom. The topological polar surface area (TPSA) is 78.9 Å². The number of hydrogen-bond donors (Lipinski definition) is 0. The zero-order valence-corrected chi connectivity index (χ0v) is 51.1. The quantitative estimate of drug-likeness (QED) is 0.0261. The van der Waals surface area contributed by atoms with E-state index in [0.29, 0.717) is 19.3 Å². The Hall–Kier alpha value is -1.85. The summed E-state index contributed by atoms with van der Waals surface area (Å²) in [6.07, 6.45) is 76.6. The van der Waals surface area contributed by atoms with E-state index in [1.165, 1.54) is 289 Å². The van der Waals surface area contributed by atoms with Crippen molar-refractivity contribution in [3.8, 4) is 0 Å². The molecule has 0 aliphatic carbocycles. The van der Waals surface area contributed by atoms with Crippen molar-refractivity contribution in [1.82, 2.24) is 0 Å². The molecule has 0 bridgehead atoms. The number of allylic oxidation sites excluding steroid dienone is 2. The summed E-state index contributed by atoms with van der Waals surface area (Å²) in [5.41, 5.74) is 0. The average Bonchev–Trinajstić information content (AvgIpc) is 3.41. The maximum atomic E-state index is 12.9. The minimum Gasteiger partial charge on any atom is -0.462 e. The average molecular weight is 1060 g/mol. The zero-order valence-electron chi connectivity index (χ0n) is 51.1. The normalized spacial score (nSPS) is 11.6. The van der Waals surface area contributed by atoms with Crippen LogP contribution in [0.4, 0.5) is 0 Å². The number of rotatable bonds is 64. The second-order valence-corrected chi connectivity index (χ2v) is 23.5. The maximum absolute atomic E-state index is 12.9. The van der Waals surface area contributed by atoms with Crippen LogP contribution in [-0.4, -0.2) is 37.2 Å². The molecule has 0 radical (unpaired) electrons. The van der Waals surface area contributed by atoms with Gasteiger partial charge in [-0.2, -0.15) is 0 Å². The summed E-state index contributed by atoms with van der Waals surface area (Å²) < 4.78 is 17.0. The molecule has 0 unspecified atom stereocenters. The predicted octanol–water partition coefficient (Wildman–Crippen LogP) is 23.2. The fourth-order valence-electron chi connectivity index (χ4n) is 10.6. The van der Waals surface area contributed by atoms with Gasteiger partial charge in [-0.15, -0.1) is 0 Å². The van der Waals surface area contributed by atoms with E-state index in [4.69, 9.17) is 14.2 Å². The summed E-state index contributed by atoms with van der Waals surface area (Å²) >= 11 is 0. The second-order valence-electron chi connectivity index (χ2n) is 23.5. The van der Waals surface area contributed by atoms with E-state index in [0.717, 1.165) is 64.2 Å². The van der Waals surface area contributed by atoms with Crippen LogP contribution in [0.2, 0.25) is 0 Å². The Bertz CT molecular complexity index is 1100. The van der Waals surface area contributed by atoms with Crippen molar-refractivity contribution in [2.24, 2.45) is 0 Å². The fraction of sp³-hybridized carbons (Fsp3) is 0.928. The first-order valence-electron chi connectivity index (χ1n) is 34.2. The third-order valence-corrected chi connectivity index (χ3v) is 15.8. The number of esters is 3. The van der Waals surface area contributed by atoms with E-state index in [1.807, 2.05) is 0 Å². The Balaban J connectivity index is 4.25. The van der Waals surface area contributed by atoms with Crippen LogP contribution in [0.5, 0.6) is 0 Å². The molecule has 0 aliphatic heterocycles. The number of ether oxygens (including phenoxy) is 3. The first-order chi connectivity index (χ1) is 37.0. The molecule has 0 rings (SSSR count). The van der Waals surface area contributed by atoms with Gasteiger partial charge in [-0.05, 0) is 44.9 Å². The molecule has 0 aromatic heterocycles. The van der Waals surface area contributed by atoms with Crippen molar-refractivity contribution in [1.29, 1.82) is 0 Å². The summed E-state index contributed by atoms with van der Waals surface area (Å²) in [6.45, 7) is 6.72. The van der Waals surface area contributed by atoms with E-state index < -0.39 is 6.10 Å². The maximum Gasteiger partial charge on any atom is 0.306 e. The zero-order chi connectivity index (χ0) is 54.3. The minimum atomic E-state index is -0.770. The van der Waals surface area contributed by atoms with Gasteiger partial charge in [0, 0.05) is 19.3 Å². The van der Waals surface area contributed by atoms with E-state index in [9.17, 15) is 14.4 Å². The standard InChI is InChI=1S/C69H132O6/c1-4-7-10-13-16-19-22-25-28-30-32-34-36-38-41-43-46-49-52-55-58-61-67(70)73-64-66(75-69(72)63-60-57-54-51-48-45-40-27-24-21-18-15-12-9-6-3)65-74-68(71)62-59-56-53-50-47-44-42-39-37-35-33-31-29-26-23-20-17-14-11-8-5-2/h27,40,66H,4-26,28-39,41-65H2,1-3H3/b40-27-. The predicted molar refractivity (Wildman–Crippen MR) is 326 cm³/mol. The van der Waals surface area contributed by atoms with Gasteiger partial charge >= 0.3 is 17.9 Å². The van der Waals surface area contributed by atoms with Crippen LogP contribution in [0.1, 0.15) is 393 Å². The van der Waals surface area contributed by atoms with Gasteiger partial charge in [-0.3, -0.25) is 14.4 Å². The molecule has 0 fully saturated rings. The highest BCUT2D eigenvalue weighted by Gasteiger charge is 2.19. The lowest BCUT2D eigenvalue weighted by atomic mass is 10.0. The summed E-state index contributed by atoms with van der Waals surface area (Å²) in [4.78, 5) is 38.4. The smallest absolute Gasteiger partial charge is 0.306 e. The van der Waals surface area contributed by atoms with Gasteiger partial charge in [-0.25, -0.2) is 0 Å². The molecule has 0 atom stereocenters. The second kappa shape index (κ2) is 64.7. The highest BCUT2D eigenvalue weighted by molar-refractivity contribution is 5.71. The van der Waals surface area contributed by atoms with Gasteiger partial charge in [0.15, 0.2) is 6.10 Å². The molecule has 0 spiro atoms. The largest absolute Gasteiger partial charge is 0.462 e. The monoisotopic (exact) mass is 1060 g/mol. The third-order valence-electron chi connectivity index (χ3n) is 15.8. The van der Waals surface area contributed by atoms with Gasteiger partial charge in [-0.1, -0.05) is 341 Å².